The summed E-state index contributed by atoms with van der Waals surface area (Å²) in [5, 5.41) is 11.5. The summed E-state index contributed by atoms with van der Waals surface area (Å²) >= 11 is 0. The molecule has 0 saturated heterocycles. The largest absolute Gasteiger partial charge is 0.481 e. The quantitative estimate of drug-likeness (QED) is 0.426. The van der Waals surface area contributed by atoms with Crippen LogP contribution in [0.2, 0.25) is 0 Å². The number of rotatable bonds is 5. The van der Waals surface area contributed by atoms with E-state index < -0.39 is 5.97 Å². The van der Waals surface area contributed by atoms with Crippen molar-refractivity contribution in [2.24, 2.45) is 17.8 Å². The van der Waals surface area contributed by atoms with E-state index in [1.807, 2.05) is 13.0 Å². The first kappa shape index (κ1) is 21.3. The standard InChI is InChI=1S/C31H30O3/c1-3-10-34-29-9-6-24(15-28(29)31-16-20-11-21(17-31)13-22(12-20)18-31)23-4-7-26-19(2)27(30(32)33)8-5-25(26)14-23/h1,4-9,14-15,20-22H,10-13,16-18H2,2H3,(H,32,33). The number of carbonyl (C=O) groups is 1. The minimum atomic E-state index is -0.883. The molecule has 0 aromatic heterocycles. The second-order valence-electron chi connectivity index (χ2n) is 10.9. The molecule has 34 heavy (non-hydrogen) atoms. The molecule has 4 aliphatic rings. The van der Waals surface area contributed by atoms with Crippen molar-refractivity contribution in [2.45, 2.75) is 50.9 Å². The van der Waals surface area contributed by atoms with Gasteiger partial charge in [0.2, 0.25) is 0 Å². The Morgan fingerprint density at radius 2 is 1.65 bits per heavy atom. The Kier molecular flexibility index (Phi) is 4.96. The second kappa shape index (κ2) is 7.91. The second-order valence-corrected chi connectivity index (χ2v) is 10.9. The van der Waals surface area contributed by atoms with E-state index in [1.165, 1.54) is 49.7 Å². The van der Waals surface area contributed by atoms with Gasteiger partial charge < -0.3 is 9.84 Å². The van der Waals surface area contributed by atoms with E-state index in [9.17, 15) is 9.90 Å². The first-order chi connectivity index (χ1) is 16.5. The fourth-order valence-electron chi connectivity index (χ4n) is 7.71. The SMILES string of the molecule is C#CCOc1ccc(-c2ccc3c(C)c(C(=O)O)ccc3c2)cc1C12CC3CC(CC(C3)C1)C2. The molecule has 0 spiro atoms. The molecule has 3 nitrogen and oxygen atoms in total. The van der Waals surface area contributed by atoms with Crippen LogP contribution in [0.4, 0.5) is 0 Å². The molecule has 0 radical (unpaired) electrons. The van der Waals surface area contributed by atoms with Crippen LogP contribution in [0.3, 0.4) is 0 Å². The predicted octanol–water partition coefficient (Wildman–Crippen LogP) is 6.99. The van der Waals surface area contributed by atoms with E-state index in [1.54, 1.807) is 6.07 Å². The molecule has 0 heterocycles. The number of hydrogen-bond acceptors (Lipinski definition) is 2. The minimum Gasteiger partial charge on any atom is -0.481 e. The Bertz CT molecular complexity index is 1310. The fourth-order valence-corrected chi connectivity index (χ4v) is 7.71. The van der Waals surface area contributed by atoms with E-state index in [2.05, 4.69) is 42.3 Å². The number of carboxylic acid groups (broad SMARTS) is 1. The summed E-state index contributed by atoms with van der Waals surface area (Å²) in [5.74, 6) is 5.25. The number of aryl methyl sites for hydroxylation is 1. The predicted molar refractivity (Wildman–Crippen MR) is 135 cm³/mol. The molecule has 0 unspecified atom stereocenters. The van der Waals surface area contributed by atoms with E-state index in [-0.39, 0.29) is 5.41 Å². The van der Waals surface area contributed by atoms with Gasteiger partial charge in [0.25, 0.3) is 0 Å². The third-order valence-electron chi connectivity index (χ3n) is 8.75. The minimum absolute atomic E-state index is 0.207. The van der Waals surface area contributed by atoms with Crippen molar-refractivity contribution in [3.63, 3.8) is 0 Å². The molecule has 3 aromatic rings. The number of aromatic carboxylic acids is 1. The average Bonchev–Trinajstić information content (AvgIpc) is 2.81. The summed E-state index contributed by atoms with van der Waals surface area (Å²) in [6.45, 7) is 2.17. The first-order valence-electron chi connectivity index (χ1n) is 12.4. The Hall–Kier alpha value is -3.25. The van der Waals surface area contributed by atoms with Crippen molar-refractivity contribution in [3.05, 3.63) is 65.2 Å². The molecule has 4 bridgehead atoms. The molecular weight excluding hydrogens is 420 g/mol. The topological polar surface area (TPSA) is 46.5 Å². The van der Waals surface area contributed by atoms with E-state index >= 15 is 0 Å². The highest BCUT2D eigenvalue weighted by molar-refractivity contribution is 5.99. The lowest BCUT2D eigenvalue weighted by atomic mass is 9.48. The summed E-state index contributed by atoms with van der Waals surface area (Å²) in [6.07, 6.45) is 13.6. The molecule has 4 saturated carbocycles. The fraction of sp³-hybridized carbons (Fsp3) is 0.387. The molecule has 0 amide bonds. The summed E-state index contributed by atoms with van der Waals surface area (Å²) < 4.78 is 6.10. The number of fused-ring (bicyclic) bond motifs is 1. The smallest absolute Gasteiger partial charge is 0.335 e. The van der Waals surface area contributed by atoms with Crippen molar-refractivity contribution < 1.29 is 14.6 Å². The molecule has 0 aliphatic heterocycles. The summed E-state index contributed by atoms with van der Waals surface area (Å²) in [7, 11) is 0. The van der Waals surface area contributed by atoms with Crippen LogP contribution in [0, 0.1) is 37.0 Å². The van der Waals surface area contributed by atoms with Crippen LogP contribution in [-0.2, 0) is 5.41 Å². The lowest BCUT2D eigenvalue weighted by Crippen LogP contribution is -2.48. The van der Waals surface area contributed by atoms with Crippen LogP contribution in [-0.4, -0.2) is 17.7 Å². The highest BCUT2D eigenvalue weighted by Gasteiger charge is 2.52. The summed E-state index contributed by atoms with van der Waals surface area (Å²) in [6, 6.07) is 16.6. The van der Waals surface area contributed by atoms with Crippen LogP contribution in [0.15, 0.2) is 48.5 Å². The molecule has 172 valence electrons. The highest BCUT2D eigenvalue weighted by Crippen LogP contribution is 2.62. The normalized spacial score (nSPS) is 27.0. The van der Waals surface area contributed by atoms with Gasteiger partial charge in [-0.2, -0.15) is 0 Å². The number of ether oxygens (including phenoxy) is 1. The van der Waals surface area contributed by atoms with Gasteiger partial charge in [-0.3, -0.25) is 0 Å². The summed E-state index contributed by atoms with van der Waals surface area (Å²) in [5.41, 5.74) is 5.04. The number of carboxylic acids is 1. The third kappa shape index (κ3) is 3.40. The number of hydrogen-bond donors (Lipinski definition) is 1. The van der Waals surface area contributed by atoms with Crippen molar-refractivity contribution >= 4 is 16.7 Å². The van der Waals surface area contributed by atoms with E-state index in [4.69, 9.17) is 11.2 Å². The van der Waals surface area contributed by atoms with Gasteiger partial charge in [0.15, 0.2) is 0 Å². The number of terminal acetylenes is 1. The van der Waals surface area contributed by atoms with Crippen LogP contribution in [0.25, 0.3) is 21.9 Å². The van der Waals surface area contributed by atoms with Gasteiger partial charge in [-0.15, -0.1) is 6.42 Å². The molecule has 0 atom stereocenters. The highest BCUT2D eigenvalue weighted by atomic mass is 16.5. The molecule has 7 rings (SSSR count). The third-order valence-corrected chi connectivity index (χ3v) is 8.75. The Morgan fingerprint density at radius 1 is 1.00 bits per heavy atom. The zero-order chi connectivity index (χ0) is 23.4. The van der Waals surface area contributed by atoms with Gasteiger partial charge in [0.1, 0.15) is 12.4 Å². The van der Waals surface area contributed by atoms with Crippen molar-refractivity contribution in [1.29, 1.82) is 0 Å². The van der Waals surface area contributed by atoms with Crippen LogP contribution in [0.1, 0.15) is 60.0 Å². The van der Waals surface area contributed by atoms with Crippen molar-refractivity contribution in [3.8, 4) is 29.2 Å². The van der Waals surface area contributed by atoms with Crippen molar-refractivity contribution in [2.75, 3.05) is 6.61 Å². The van der Waals surface area contributed by atoms with Gasteiger partial charge >= 0.3 is 5.97 Å². The van der Waals surface area contributed by atoms with Crippen molar-refractivity contribution in [1.82, 2.24) is 0 Å². The molecule has 1 N–H and O–H groups in total. The Balaban J connectivity index is 1.44. The van der Waals surface area contributed by atoms with E-state index in [0.717, 1.165) is 45.4 Å². The Morgan fingerprint density at radius 3 is 2.29 bits per heavy atom. The monoisotopic (exact) mass is 450 g/mol. The number of benzene rings is 3. The van der Waals surface area contributed by atoms with Crippen LogP contribution >= 0.6 is 0 Å². The average molecular weight is 451 g/mol. The maximum atomic E-state index is 11.5. The summed E-state index contributed by atoms with van der Waals surface area (Å²) in [4.78, 5) is 11.5. The van der Waals surface area contributed by atoms with Crippen LogP contribution < -0.4 is 4.74 Å². The molecule has 4 fully saturated rings. The van der Waals surface area contributed by atoms with Crippen LogP contribution in [0.5, 0.6) is 5.75 Å². The lowest BCUT2D eigenvalue weighted by Gasteiger charge is -2.57. The molecule has 3 aromatic carbocycles. The molecule has 3 heteroatoms. The lowest BCUT2D eigenvalue weighted by molar-refractivity contribution is -0.00624. The first-order valence-corrected chi connectivity index (χ1v) is 12.4. The van der Waals surface area contributed by atoms with Gasteiger partial charge in [0.05, 0.1) is 5.56 Å². The maximum Gasteiger partial charge on any atom is 0.335 e. The van der Waals surface area contributed by atoms with Gasteiger partial charge in [-0.25, -0.2) is 4.79 Å². The van der Waals surface area contributed by atoms with Gasteiger partial charge in [0, 0.05) is 5.56 Å². The maximum absolute atomic E-state index is 11.5. The van der Waals surface area contributed by atoms with Gasteiger partial charge in [-0.1, -0.05) is 30.2 Å². The van der Waals surface area contributed by atoms with Gasteiger partial charge in [-0.05, 0) is 120 Å². The van der Waals surface area contributed by atoms with E-state index in [0.29, 0.717) is 12.2 Å². The molecule has 4 aliphatic carbocycles. The zero-order valence-corrected chi connectivity index (χ0v) is 19.6. The zero-order valence-electron chi connectivity index (χ0n) is 19.6. The molecular formula is C31H30O3. The Labute approximate surface area is 201 Å².